The molecule has 17 heavy (non-hydrogen) atoms. The average Bonchev–Trinajstić information content (AvgIpc) is 2.81. The zero-order valence-corrected chi connectivity index (χ0v) is 10.0. The third-order valence-corrected chi connectivity index (χ3v) is 5.86. The molecule has 0 saturated carbocycles. The van der Waals surface area contributed by atoms with Crippen LogP contribution in [0, 0.1) is 0 Å². The van der Waals surface area contributed by atoms with Crippen LogP contribution in [-0.2, 0) is 4.79 Å². The van der Waals surface area contributed by atoms with Crippen molar-refractivity contribution in [2.75, 3.05) is 12.0 Å². The molecule has 0 spiro atoms. The maximum atomic E-state index is 11.9. The van der Waals surface area contributed by atoms with Crippen molar-refractivity contribution in [3.8, 4) is 0 Å². The van der Waals surface area contributed by atoms with Gasteiger partial charge in [0.2, 0.25) is 5.91 Å². The molecule has 2 amide bonds. The zero-order chi connectivity index (χ0) is 12.0. The van der Waals surface area contributed by atoms with Crippen LogP contribution in [0.25, 0.3) is 10.9 Å². The van der Waals surface area contributed by atoms with Crippen LogP contribution >= 0.6 is 10.0 Å². The smallest absolute Gasteiger partial charge is 0.273 e. The van der Waals surface area contributed by atoms with Gasteiger partial charge in [-0.25, -0.2) is 0 Å². The largest absolute Gasteiger partial charge is 0.287 e. The lowest BCUT2D eigenvalue weighted by molar-refractivity contribution is -0.117. The van der Waals surface area contributed by atoms with Gasteiger partial charge in [-0.3, -0.25) is 20.0 Å². The van der Waals surface area contributed by atoms with Crippen LogP contribution in [0.4, 0.5) is 4.79 Å². The molecule has 1 saturated heterocycles. The Bertz CT molecular complexity index is 636. The predicted octanol–water partition coefficient (Wildman–Crippen LogP) is 1.61. The maximum absolute atomic E-state index is 11.9. The van der Waals surface area contributed by atoms with Crippen LogP contribution in [0.1, 0.15) is 0 Å². The van der Waals surface area contributed by atoms with Crippen molar-refractivity contribution >= 4 is 32.1 Å². The molecule has 5 nitrogen and oxygen atoms in total. The van der Waals surface area contributed by atoms with Crippen molar-refractivity contribution in [1.82, 2.24) is 15.5 Å². The van der Waals surface area contributed by atoms with Crippen LogP contribution in [0.2, 0.25) is 0 Å². The summed E-state index contributed by atoms with van der Waals surface area (Å²) >= 11 is 0. The standard InChI is InChI=1S/C11H11N3O2S/c1-17(6-9(15)12-11(17)16)10-7-4-2-3-5-8(7)13-14-10/h2-5H,6H2,1H3,(H,13,14)(H,12,15,16). The molecule has 0 bridgehead atoms. The number of hydrogen-bond donors (Lipinski definition) is 2. The van der Waals surface area contributed by atoms with Gasteiger partial charge in [-0.2, -0.15) is 5.10 Å². The number of para-hydroxylation sites is 1. The van der Waals surface area contributed by atoms with Gasteiger partial charge in [0.25, 0.3) is 5.24 Å². The highest BCUT2D eigenvalue weighted by Gasteiger charge is 2.41. The lowest BCUT2D eigenvalue weighted by Gasteiger charge is -2.23. The number of aromatic amines is 1. The summed E-state index contributed by atoms with van der Waals surface area (Å²) in [7, 11) is -1.84. The highest BCUT2D eigenvalue weighted by molar-refractivity contribution is 8.45. The summed E-state index contributed by atoms with van der Waals surface area (Å²) < 4.78 is 0. The SMILES string of the molecule is CS1(c2n[nH]c3ccccc23)CC(=O)NC1=O. The second-order valence-corrected chi connectivity index (χ2v) is 7.36. The lowest BCUT2D eigenvalue weighted by Crippen LogP contribution is -2.19. The molecule has 0 aliphatic carbocycles. The van der Waals surface area contributed by atoms with Crippen molar-refractivity contribution < 1.29 is 9.59 Å². The third-order valence-electron chi connectivity index (χ3n) is 2.93. The molecule has 1 aromatic heterocycles. The number of nitrogens with one attached hydrogen (secondary N) is 2. The van der Waals surface area contributed by atoms with Gasteiger partial charge in [-0.05, 0) is 12.3 Å². The Morgan fingerprint density at radius 1 is 1.29 bits per heavy atom. The molecule has 6 heteroatoms. The molecular weight excluding hydrogens is 238 g/mol. The molecule has 1 aliphatic rings. The number of carbonyl (C=O) groups excluding carboxylic acids is 2. The van der Waals surface area contributed by atoms with Gasteiger partial charge in [0.1, 0.15) is 5.03 Å². The van der Waals surface area contributed by atoms with Crippen LogP contribution in [0.15, 0.2) is 29.3 Å². The number of aromatic nitrogens is 2. The number of hydrogen-bond acceptors (Lipinski definition) is 3. The topological polar surface area (TPSA) is 74.8 Å². The molecule has 1 unspecified atom stereocenters. The van der Waals surface area contributed by atoms with E-state index in [1.807, 2.05) is 30.5 Å². The summed E-state index contributed by atoms with van der Waals surface area (Å²) in [5, 5.41) is 11.0. The van der Waals surface area contributed by atoms with E-state index in [1.54, 1.807) is 0 Å². The zero-order valence-electron chi connectivity index (χ0n) is 9.19. The minimum atomic E-state index is -1.84. The predicted molar refractivity (Wildman–Crippen MR) is 66.3 cm³/mol. The van der Waals surface area contributed by atoms with Crippen molar-refractivity contribution in [2.24, 2.45) is 0 Å². The Labute approximate surface area is 98.9 Å². The Hall–Kier alpha value is -1.82. The molecule has 1 atom stereocenters. The fraction of sp³-hybridized carbons (Fsp3) is 0.182. The molecule has 2 N–H and O–H groups in total. The monoisotopic (exact) mass is 249 g/mol. The van der Waals surface area contributed by atoms with E-state index < -0.39 is 10.0 Å². The number of imide groups is 1. The van der Waals surface area contributed by atoms with Crippen molar-refractivity contribution in [2.45, 2.75) is 5.03 Å². The van der Waals surface area contributed by atoms with E-state index in [4.69, 9.17) is 0 Å². The second-order valence-electron chi connectivity index (χ2n) is 4.14. The van der Waals surface area contributed by atoms with Gasteiger partial charge in [0, 0.05) is 5.39 Å². The Balaban J connectivity index is 2.22. The summed E-state index contributed by atoms with van der Waals surface area (Å²) in [6, 6.07) is 7.63. The summed E-state index contributed by atoms with van der Waals surface area (Å²) in [5.41, 5.74) is 0.892. The Kier molecular flexibility index (Phi) is 2.03. The lowest BCUT2D eigenvalue weighted by atomic mass is 10.3. The molecule has 1 aromatic carbocycles. The second kappa shape index (κ2) is 3.33. The molecule has 2 aromatic rings. The number of amides is 2. The molecule has 1 fully saturated rings. The van der Waals surface area contributed by atoms with Crippen LogP contribution in [-0.4, -0.2) is 33.4 Å². The number of nitrogens with zero attached hydrogens (tertiary/aromatic N) is 1. The first-order chi connectivity index (χ1) is 8.11. The number of fused-ring (bicyclic) bond motifs is 1. The van der Waals surface area contributed by atoms with Gasteiger partial charge in [0.15, 0.2) is 0 Å². The molecule has 88 valence electrons. The molecular formula is C11H11N3O2S. The number of carbonyl (C=O) groups is 2. The first kappa shape index (κ1) is 10.3. The first-order valence-electron chi connectivity index (χ1n) is 5.14. The summed E-state index contributed by atoms with van der Waals surface area (Å²) in [5.74, 6) is 0.0281. The van der Waals surface area contributed by atoms with E-state index in [0.717, 1.165) is 15.9 Å². The van der Waals surface area contributed by atoms with Gasteiger partial charge < -0.3 is 0 Å². The van der Waals surface area contributed by atoms with E-state index in [2.05, 4.69) is 15.5 Å². The number of H-pyrrole nitrogens is 1. The Morgan fingerprint density at radius 2 is 2.06 bits per heavy atom. The molecule has 3 rings (SSSR count). The average molecular weight is 249 g/mol. The Morgan fingerprint density at radius 3 is 2.76 bits per heavy atom. The molecule has 2 heterocycles. The van der Waals surface area contributed by atoms with Crippen molar-refractivity contribution in [3.63, 3.8) is 0 Å². The molecule has 0 radical (unpaired) electrons. The number of benzene rings is 1. The van der Waals surface area contributed by atoms with E-state index in [-0.39, 0.29) is 16.9 Å². The van der Waals surface area contributed by atoms with Crippen LogP contribution < -0.4 is 5.32 Å². The van der Waals surface area contributed by atoms with E-state index >= 15 is 0 Å². The summed E-state index contributed by atoms with van der Waals surface area (Å²) in [4.78, 5) is 23.3. The van der Waals surface area contributed by atoms with E-state index in [9.17, 15) is 9.59 Å². The minimum Gasteiger partial charge on any atom is -0.287 e. The highest BCUT2D eigenvalue weighted by atomic mass is 32.3. The van der Waals surface area contributed by atoms with Crippen molar-refractivity contribution in [1.29, 1.82) is 0 Å². The number of rotatable bonds is 1. The fourth-order valence-electron chi connectivity index (χ4n) is 2.03. The summed E-state index contributed by atoms with van der Waals surface area (Å²) in [6.07, 6.45) is 1.83. The van der Waals surface area contributed by atoms with Crippen molar-refractivity contribution in [3.05, 3.63) is 24.3 Å². The normalized spacial score (nSPS) is 28.1. The van der Waals surface area contributed by atoms with Gasteiger partial charge in [-0.1, -0.05) is 18.2 Å². The molecule has 1 aliphatic heterocycles. The van der Waals surface area contributed by atoms with Crippen LogP contribution in [0.3, 0.4) is 0 Å². The van der Waals surface area contributed by atoms with E-state index in [1.165, 1.54) is 0 Å². The van der Waals surface area contributed by atoms with E-state index in [0.29, 0.717) is 0 Å². The van der Waals surface area contributed by atoms with Crippen LogP contribution in [0.5, 0.6) is 0 Å². The minimum absolute atomic E-state index is 0.195. The fourth-order valence-corrected chi connectivity index (χ4v) is 4.32. The summed E-state index contributed by atoms with van der Waals surface area (Å²) in [6.45, 7) is 0. The van der Waals surface area contributed by atoms with Gasteiger partial charge >= 0.3 is 0 Å². The quantitative estimate of drug-likeness (QED) is 0.806. The van der Waals surface area contributed by atoms with Gasteiger partial charge in [0.05, 0.1) is 11.3 Å². The van der Waals surface area contributed by atoms with Gasteiger partial charge in [-0.15, -0.1) is 10.0 Å². The first-order valence-corrected chi connectivity index (χ1v) is 7.35. The highest BCUT2D eigenvalue weighted by Crippen LogP contribution is 2.56. The maximum Gasteiger partial charge on any atom is 0.273 e. The third kappa shape index (κ3) is 1.37.